The van der Waals surface area contributed by atoms with E-state index in [4.69, 9.17) is 0 Å². The molecule has 1 atom stereocenters. The summed E-state index contributed by atoms with van der Waals surface area (Å²) in [7, 11) is 0. The van der Waals surface area contributed by atoms with Crippen LogP contribution in [-0.2, 0) is 6.54 Å². The fourth-order valence-electron chi connectivity index (χ4n) is 4.03. The number of likely N-dealkylation sites (tertiary alicyclic amines) is 1. The number of piperidine rings is 1. The Balaban J connectivity index is 2.05. The zero-order chi connectivity index (χ0) is 16.6. The quantitative estimate of drug-likeness (QED) is 0.921. The molecule has 0 radical (unpaired) electrons. The van der Waals surface area contributed by atoms with Crippen LogP contribution < -0.4 is 5.43 Å². The van der Waals surface area contributed by atoms with E-state index in [1.54, 1.807) is 0 Å². The van der Waals surface area contributed by atoms with Crippen molar-refractivity contribution in [2.24, 2.45) is 0 Å². The van der Waals surface area contributed by atoms with Crippen molar-refractivity contribution in [3.63, 3.8) is 0 Å². The van der Waals surface area contributed by atoms with Crippen molar-refractivity contribution in [1.82, 2.24) is 9.88 Å². The molecule has 23 heavy (non-hydrogen) atoms. The summed E-state index contributed by atoms with van der Waals surface area (Å²) in [4.78, 5) is 19.1. The number of pyridine rings is 1. The van der Waals surface area contributed by atoms with E-state index < -0.39 is 0 Å². The van der Waals surface area contributed by atoms with Gasteiger partial charge in [-0.05, 0) is 63.8 Å². The second-order valence-corrected chi connectivity index (χ2v) is 7.09. The monoisotopic (exact) mass is 312 g/mol. The number of fused-ring (bicyclic) bond motifs is 1. The van der Waals surface area contributed by atoms with Crippen LogP contribution in [0.15, 0.2) is 16.9 Å². The smallest absolute Gasteiger partial charge is 0.194 e. The van der Waals surface area contributed by atoms with E-state index in [1.807, 2.05) is 13.0 Å². The predicted octanol–water partition coefficient (Wildman–Crippen LogP) is 4.22. The summed E-state index contributed by atoms with van der Waals surface area (Å²) in [5.41, 5.74) is 5.48. The first-order valence-electron chi connectivity index (χ1n) is 8.88. The van der Waals surface area contributed by atoms with Crippen LogP contribution in [0.5, 0.6) is 0 Å². The first-order valence-corrected chi connectivity index (χ1v) is 8.88. The molecule has 2 heterocycles. The Morgan fingerprint density at radius 2 is 2.00 bits per heavy atom. The molecule has 0 saturated carbocycles. The molecule has 124 valence electrons. The van der Waals surface area contributed by atoms with Crippen LogP contribution in [0.25, 0.3) is 10.9 Å². The van der Waals surface area contributed by atoms with Crippen LogP contribution in [0.3, 0.4) is 0 Å². The minimum atomic E-state index is 0.212. The van der Waals surface area contributed by atoms with Gasteiger partial charge in [-0.25, -0.2) is 0 Å². The van der Waals surface area contributed by atoms with Crippen LogP contribution in [-0.4, -0.2) is 22.5 Å². The lowest BCUT2D eigenvalue weighted by Gasteiger charge is -2.35. The second kappa shape index (κ2) is 6.48. The standard InChI is InChI=1S/C20H28N2O/c1-5-16-8-6-7-9-22(16)12-18-15(4)21-19-14(3)10-13(2)11-17(19)20(18)23/h10-11,16H,5-9,12H2,1-4H3,(H,21,23)/t16-/m0/s1. The normalized spacial score (nSPS) is 19.4. The Morgan fingerprint density at radius 1 is 1.22 bits per heavy atom. The highest BCUT2D eigenvalue weighted by Gasteiger charge is 2.23. The van der Waals surface area contributed by atoms with Crippen LogP contribution in [0.2, 0.25) is 0 Å². The molecular formula is C20H28N2O. The topological polar surface area (TPSA) is 36.1 Å². The molecule has 0 bridgehead atoms. The average Bonchev–Trinajstić information content (AvgIpc) is 2.53. The Kier molecular flexibility index (Phi) is 4.58. The molecule has 3 heteroatoms. The summed E-state index contributed by atoms with van der Waals surface area (Å²) in [5, 5.41) is 0.841. The Hall–Kier alpha value is -1.61. The molecule has 0 aliphatic carbocycles. The van der Waals surface area contributed by atoms with E-state index >= 15 is 0 Å². The first-order chi connectivity index (χ1) is 11.0. The summed E-state index contributed by atoms with van der Waals surface area (Å²) in [6, 6.07) is 4.78. The average molecular weight is 312 g/mol. The van der Waals surface area contributed by atoms with Gasteiger partial charge in [-0.3, -0.25) is 9.69 Å². The number of nitrogens with one attached hydrogen (secondary N) is 1. The van der Waals surface area contributed by atoms with Gasteiger partial charge in [-0.15, -0.1) is 0 Å². The second-order valence-electron chi connectivity index (χ2n) is 7.09. The van der Waals surface area contributed by atoms with Crippen molar-refractivity contribution in [2.75, 3.05) is 6.54 Å². The number of benzene rings is 1. The van der Waals surface area contributed by atoms with E-state index in [0.717, 1.165) is 46.4 Å². The maximum absolute atomic E-state index is 13.1. The van der Waals surface area contributed by atoms with Gasteiger partial charge in [0.05, 0.1) is 5.52 Å². The highest BCUT2D eigenvalue weighted by Crippen LogP contribution is 2.23. The highest BCUT2D eigenvalue weighted by molar-refractivity contribution is 5.83. The Labute approximate surface area is 138 Å². The third-order valence-electron chi connectivity index (χ3n) is 5.35. The Morgan fingerprint density at radius 3 is 2.74 bits per heavy atom. The van der Waals surface area contributed by atoms with Crippen LogP contribution in [0, 0.1) is 20.8 Å². The molecule has 0 amide bonds. The number of aromatic nitrogens is 1. The van der Waals surface area contributed by atoms with Gasteiger partial charge in [0, 0.05) is 29.2 Å². The molecule has 1 aliphatic heterocycles. The molecule has 1 aromatic heterocycles. The molecule has 1 saturated heterocycles. The molecule has 1 aromatic carbocycles. The van der Waals surface area contributed by atoms with Crippen molar-refractivity contribution in [1.29, 1.82) is 0 Å². The van der Waals surface area contributed by atoms with Crippen LogP contribution >= 0.6 is 0 Å². The van der Waals surface area contributed by atoms with Gasteiger partial charge in [-0.2, -0.15) is 0 Å². The zero-order valence-corrected chi connectivity index (χ0v) is 14.8. The van der Waals surface area contributed by atoms with Gasteiger partial charge < -0.3 is 4.98 Å². The van der Waals surface area contributed by atoms with Gasteiger partial charge in [0.1, 0.15) is 0 Å². The number of nitrogens with zero attached hydrogens (tertiary/aromatic N) is 1. The van der Waals surface area contributed by atoms with Gasteiger partial charge in [0.25, 0.3) is 0 Å². The molecule has 1 fully saturated rings. The maximum Gasteiger partial charge on any atom is 0.194 e. The number of rotatable bonds is 3. The van der Waals surface area contributed by atoms with E-state index in [2.05, 4.69) is 36.7 Å². The maximum atomic E-state index is 13.1. The Bertz CT molecular complexity index is 775. The fourth-order valence-corrected chi connectivity index (χ4v) is 4.03. The van der Waals surface area contributed by atoms with Gasteiger partial charge in [0.15, 0.2) is 5.43 Å². The minimum Gasteiger partial charge on any atom is -0.358 e. The number of hydrogen-bond acceptors (Lipinski definition) is 2. The zero-order valence-electron chi connectivity index (χ0n) is 14.8. The third kappa shape index (κ3) is 3.07. The molecule has 0 unspecified atom stereocenters. The summed E-state index contributed by atoms with van der Waals surface area (Å²) in [6.45, 7) is 10.3. The summed E-state index contributed by atoms with van der Waals surface area (Å²) in [5.74, 6) is 0. The van der Waals surface area contributed by atoms with Crippen molar-refractivity contribution in [3.05, 3.63) is 44.7 Å². The lowest BCUT2D eigenvalue weighted by molar-refractivity contribution is 0.135. The molecule has 1 aliphatic rings. The molecule has 0 spiro atoms. The lowest BCUT2D eigenvalue weighted by Crippen LogP contribution is -2.39. The number of aryl methyl sites for hydroxylation is 3. The molecule has 2 aromatic rings. The van der Waals surface area contributed by atoms with Crippen LogP contribution in [0.1, 0.15) is 55.0 Å². The molecule has 3 nitrogen and oxygen atoms in total. The van der Waals surface area contributed by atoms with E-state index in [0.29, 0.717) is 6.04 Å². The number of H-pyrrole nitrogens is 1. The van der Waals surface area contributed by atoms with Gasteiger partial charge in [0.2, 0.25) is 0 Å². The summed E-state index contributed by atoms with van der Waals surface area (Å²) in [6.07, 6.45) is 5.00. The van der Waals surface area contributed by atoms with E-state index in [-0.39, 0.29) is 5.43 Å². The highest BCUT2D eigenvalue weighted by atomic mass is 16.1. The van der Waals surface area contributed by atoms with Crippen molar-refractivity contribution < 1.29 is 0 Å². The fraction of sp³-hybridized carbons (Fsp3) is 0.550. The number of aromatic amines is 1. The number of hydrogen-bond donors (Lipinski definition) is 1. The first kappa shape index (κ1) is 16.3. The largest absolute Gasteiger partial charge is 0.358 e. The van der Waals surface area contributed by atoms with Crippen LogP contribution in [0.4, 0.5) is 0 Å². The molecular weight excluding hydrogens is 284 g/mol. The van der Waals surface area contributed by atoms with Crippen molar-refractivity contribution >= 4 is 10.9 Å². The third-order valence-corrected chi connectivity index (χ3v) is 5.35. The predicted molar refractivity (Wildman–Crippen MR) is 97.1 cm³/mol. The minimum absolute atomic E-state index is 0.212. The summed E-state index contributed by atoms with van der Waals surface area (Å²) >= 11 is 0. The van der Waals surface area contributed by atoms with Gasteiger partial charge >= 0.3 is 0 Å². The van der Waals surface area contributed by atoms with Crippen molar-refractivity contribution in [2.45, 2.75) is 66.0 Å². The van der Waals surface area contributed by atoms with E-state index in [1.165, 1.54) is 25.7 Å². The molecule has 3 rings (SSSR count). The van der Waals surface area contributed by atoms with Gasteiger partial charge in [-0.1, -0.05) is 19.4 Å². The lowest BCUT2D eigenvalue weighted by atomic mass is 9.98. The SMILES string of the molecule is CC[C@H]1CCCCN1Cc1c(C)[nH]c2c(C)cc(C)cc2c1=O. The summed E-state index contributed by atoms with van der Waals surface area (Å²) < 4.78 is 0. The molecule has 1 N–H and O–H groups in total. The van der Waals surface area contributed by atoms with Crippen molar-refractivity contribution in [3.8, 4) is 0 Å². The van der Waals surface area contributed by atoms with E-state index in [9.17, 15) is 4.79 Å².